The molecule has 0 aliphatic heterocycles. The minimum atomic E-state index is -0.473. The predicted octanol–water partition coefficient (Wildman–Crippen LogP) is 3.25. The van der Waals surface area contributed by atoms with Gasteiger partial charge < -0.3 is 15.7 Å². The maximum atomic E-state index is 10.8. The molecule has 26 heavy (non-hydrogen) atoms. The summed E-state index contributed by atoms with van der Waals surface area (Å²) in [5, 5.41) is 14.8. The number of primary amides is 1. The quantitative estimate of drug-likeness (QED) is 0.756. The number of hydrogen-bond donors (Lipinski definition) is 2. The highest BCUT2D eigenvalue weighted by molar-refractivity contribution is 5.85. The van der Waals surface area contributed by atoms with Gasteiger partial charge in [-0.3, -0.25) is 4.79 Å². The van der Waals surface area contributed by atoms with Crippen molar-refractivity contribution in [3.05, 3.63) is 0 Å². The van der Waals surface area contributed by atoms with Crippen molar-refractivity contribution in [2.45, 2.75) is 77.7 Å². The Balaban J connectivity index is 1.48. The normalized spacial score (nSPS) is 49.2. The molecule has 0 spiro atoms. The fraction of sp³-hybridized carbons (Fsp3) is 0.905. The van der Waals surface area contributed by atoms with E-state index in [2.05, 4.69) is 19.0 Å². The molecule has 0 radical (unpaired) electrons. The van der Waals surface area contributed by atoms with Gasteiger partial charge in [0, 0.05) is 0 Å². The number of oxime groups is 1. The second-order valence-electron chi connectivity index (χ2n) is 9.90. The van der Waals surface area contributed by atoms with Gasteiger partial charge in [0.1, 0.15) is 0 Å². The summed E-state index contributed by atoms with van der Waals surface area (Å²) in [6.07, 6.45) is 10.3. The summed E-state index contributed by atoms with van der Waals surface area (Å²) in [5.41, 5.74) is 6.77. The Morgan fingerprint density at radius 1 is 1.15 bits per heavy atom. The van der Waals surface area contributed by atoms with Gasteiger partial charge in [-0.05, 0) is 92.3 Å². The zero-order chi connectivity index (χ0) is 18.5. The molecule has 4 saturated carbocycles. The highest BCUT2D eigenvalue weighted by atomic mass is 16.6. The van der Waals surface area contributed by atoms with Crippen LogP contribution in [0.4, 0.5) is 0 Å². The van der Waals surface area contributed by atoms with Crippen LogP contribution in [0.2, 0.25) is 0 Å². The summed E-state index contributed by atoms with van der Waals surface area (Å²) in [7, 11) is 0. The fourth-order valence-electron chi connectivity index (χ4n) is 7.30. The van der Waals surface area contributed by atoms with Gasteiger partial charge in [-0.2, -0.15) is 0 Å². The minimum Gasteiger partial charge on any atom is -0.393 e. The first-order valence-electron chi connectivity index (χ1n) is 10.5. The summed E-state index contributed by atoms with van der Waals surface area (Å²) in [5.74, 6) is 2.49. The Kier molecular flexibility index (Phi) is 4.57. The van der Waals surface area contributed by atoms with Crippen LogP contribution < -0.4 is 5.73 Å². The molecule has 4 aliphatic rings. The molecule has 5 nitrogen and oxygen atoms in total. The van der Waals surface area contributed by atoms with Crippen molar-refractivity contribution < 1.29 is 14.7 Å². The van der Waals surface area contributed by atoms with Crippen LogP contribution in [-0.4, -0.2) is 29.4 Å². The number of fused-ring (bicyclic) bond motifs is 5. The van der Waals surface area contributed by atoms with Crippen LogP contribution in [0.15, 0.2) is 5.16 Å². The number of nitrogens with two attached hydrogens (primary N) is 1. The van der Waals surface area contributed by atoms with Crippen molar-refractivity contribution in [3.63, 3.8) is 0 Å². The van der Waals surface area contributed by atoms with Crippen LogP contribution in [0.25, 0.3) is 0 Å². The van der Waals surface area contributed by atoms with Gasteiger partial charge in [0.15, 0.2) is 6.61 Å². The molecule has 0 aromatic carbocycles. The molecule has 7 unspecified atom stereocenters. The third-order valence-electron chi connectivity index (χ3n) is 8.85. The number of amides is 1. The van der Waals surface area contributed by atoms with Gasteiger partial charge in [0.05, 0.1) is 11.8 Å². The number of aliphatic hydroxyl groups is 1. The SMILES string of the molecule is CC12CCC3C(CCC4C/C(=N/OCC(N)=O)CCC43C)C1CCC2O. The number of rotatable bonds is 3. The number of hydrogen-bond acceptors (Lipinski definition) is 4. The smallest absolute Gasteiger partial charge is 0.258 e. The molecule has 4 rings (SSSR count). The van der Waals surface area contributed by atoms with E-state index < -0.39 is 5.91 Å². The molecule has 7 atom stereocenters. The van der Waals surface area contributed by atoms with Gasteiger partial charge in [-0.25, -0.2) is 0 Å². The predicted molar refractivity (Wildman–Crippen MR) is 100 cm³/mol. The Hall–Kier alpha value is -1.10. The summed E-state index contributed by atoms with van der Waals surface area (Å²) >= 11 is 0. The first-order chi connectivity index (χ1) is 12.3. The second-order valence-corrected chi connectivity index (χ2v) is 9.90. The molecule has 1 amide bonds. The Bertz CT molecular complexity index is 606. The molecule has 0 heterocycles. The van der Waals surface area contributed by atoms with E-state index in [1.807, 2.05) is 0 Å². The van der Waals surface area contributed by atoms with Crippen LogP contribution >= 0.6 is 0 Å². The number of carbonyl (C=O) groups is 1. The molecule has 0 aromatic heterocycles. The van der Waals surface area contributed by atoms with Crippen LogP contribution in [0.5, 0.6) is 0 Å². The highest BCUT2D eigenvalue weighted by Gasteiger charge is 2.59. The first-order valence-corrected chi connectivity index (χ1v) is 10.5. The Labute approximate surface area is 156 Å². The van der Waals surface area contributed by atoms with E-state index in [0.29, 0.717) is 17.3 Å². The van der Waals surface area contributed by atoms with Crippen molar-refractivity contribution in [3.8, 4) is 0 Å². The molecular weight excluding hydrogens is 328 g/mol. The van der Waals surface area contributed by atoms with Gasteiger partial charge in [-0.15, -0.1) is 0 Å². The molecule has 0 bridgehead atoms. The van der Waals surface area contributed by atoms with Crippen molar-refractivity contribution in [2.24, 2.45) is 45.4 Å². The topological polar surface area (TPSA) is 84.9 Å². The Morgan fingerprint density at radius 2 is 1.92 bits per heavy atom. The third kappa shape index (κ3) is 2.78. The van der Waals surface area contributed by atoms with Gasteiger partial charge in [0.25, 0.3) is 5.91 Å². The first kappa shape index (κ1) is 18.3. The number of nitrogens with zero attached hydrogens (tertiary/aromatic N) is 1. The molecule has 4 fully saturated rings. The average molecular weight is 363 g/mol. The van der Waals surface area contributed by atoms with E-state index in [0.717, 1.165) is 36.8 Å². The molecule has 146 valence electrons. The number of aliphatic hydroxyl groups excluding tert-OH is 1. The van der Waals surface area contributed by atoms with Crippen molar-refractivity contribution in [1.82, 2.24) is 0 Å². The van der Waals surface area contributed by atoms with Crippen LogP contribution in [-0.2, 0) is 9.63 Å². The van der Waals surface area contributed by atoms with E-state index >= 15 is 0 Å². The van der Waals surface area contributed by atoms with E-state index in [4.69, 9.17) is 10.6 Å². The fourth-order valence-corrected chi connectivity index (χ4v) is 7.30. The lowest BCUT2D eigenvalue weighted by Crippen LogP contribution is -2.54. The average Bonchev–Trinajstić information content (AvgIpc) is 2.90. The summed E-state index contributed by atoms with van der Waals surface area (Å²) < 4.78 is 0. The van der Waals surface area contributed by atoms with Gasteiger partial charge >= 0.3 is 0 Å². The molecular formula is C21H34N2O3. The van der Waals surface area contributed by atoms with E-state index in [1.165, 1.54) is 38.5 Å². The second kappa shape index (κ2) is 6.50. The molecule has 4 aliphatic carbocycles. The lowest BCUT2D eigenvalue weighted by Gasteiger charge is -2.60. The summed E-state index contributed by atoms with van der Waals surface area (Å²) in [6, 6.07) is 0. The summed E-state index contributed by atoms with van der Waals surface area (Å²) in [4.78, 5) is 15.9. The molecule has 5 heteroatoms. The molecule has 3 N–H and O–H groups in total. The Morgan fingerprint density at radius 3 is 2.69 bits per heavy atom. The van der Waals surface area contributed by atoms with Gasteiger partial charge in [-0.1, -0.05) is 19.0 Å². The van der Waals surface area contributed by atoms with Crippen molar-refractivity contribution in [2.75, 3.05) is 6.61 Å². The van der Waals surface area contributed by atoms with Crippen LogP contribution in [0, 0.1) is 34.5 Å². The molecule has 0 aromatic rings. The van der Waals surface area contributed by atoms with Crippen molar-refractivity contribution in [1.29, 1.82) is 0 Å². The number of carbonyl (C=O) groups excluding carboxylic acids is 1. The standard InChI is InChI=1S/C21H34N2O3/c1-20-9-7-14(23-26-12-19(22)25)11-13(20)3-4-15-16-5-6-18(24)21(16,2)10-8-17(15)20/h13,15-18,24H,3-12H2,1-2H3,(H2,22,25)/b23-14+. The van der Waals surface area contributed by atoms with E-state index in [9.17, 15) is 9.90 Å². The maximum absolute atomic E-state index is 10.8. The zero-order valence-electron chi connectivity index (χ0n) is 16.2. The maximum Gasteiger partial charge on any atom is 0.258 e. The minimum absolute atomic E-state index is 0.0912. The largest absolute Gasteiger partial charge is 0.393 e. The highest BCUT2D eigenvalue weighted by Crippen LogP contribution is 2.65. The zero-order valence-corrected chi connectivity index (χ0v) is 16.2. The monoisotopic (exact) mass is 362 g/mol. The third-order valence-corrected chi connectivity index (χ3v) is 8.85. The lowest BCUT2D eigenvalue weighted by atomic mass is 9.45. The lowest BCUT2D eigenvalue weighted by molar-refractivity contribution is -0.122. The summed E-state index contributed by atoms with van der Waals surface area (Å²) in [6.45, 7) is 4.74. The van der Waals surface area contributed by atoms with Gasteiger partial charge in [0.2, 0.25) is 0 Å². The van der Waals surface area contributed by atoms with E-state index in [-0.39, 0.29) is 18.1 Å². The van der Waals surface area contributed by atoms with Crippen molar-refractivity contribution >= 4 is 11.6 Å². The van der Waals surface area contributed by atoms with E-state index in [1.54, 1.807) is 0 Å². The van der Waals surface area contributed by atoms with Crippen LogP contribution in [0.3, 0.4) is 0 Å². The molecule has 0 saturated heterocycles. The van der Waals surface area contributed by atoms with Crippen LogP contribution in [0.1, 0.15) is 71.6 Å².